The number of hydrogen-bond donors (Lipinski definition) is 0. The Bertz CT molecular complexity index is 877. The first-order chi connectivity index (χ1) is 14.6. The Morgan fingerprint density at radius 2 is 1.73 bits per heavy atom. The number of fused-ring (bicyclic) bond motifs is 1. The number of hydrogen-bond acceptors (Lipinski definition) is 3. The van der Waals surface area contributed by atoms with E-state index in [1.54, 1.807) is 6.92 Å². The van der Waals surface area contributed by atoms with E-state index >= 15 is 0 Å². The van der Waals surface area contributed by atoms with Crippen molar-refractivity contribution in [1.82, 2.24) is 14.4 Å². The molecule has 162 valence electrons. The molecule has 1 aromatic carbocycles. The molecule has 6 nitrogen and oxygen atoms in total. The van der Waals surface area contributed by atoms with E-state index in [4.69, 9.17) is 4.74 Å². The molecule has 0 N–H and O–H groups in total. The van der Waals surface area contributed by atoms with Crippen molar-refractivity contribution in [1.29, 1.82) is 0 Å². The fraction of sp³-hybridized carbons (Fsp3) is 0.583. The van der Waals surface area contributed by atoms with Crippen LogP contribution in [0, 0.1) is 5.92 Å². The first kappa shape index (κ1) is 20.9. The molecule has 0 bridgehead atoms. The maximum atomic E-state index is 13.1. The van der Waals surface area contributed by atoms with Crippen molar-refractivity contribution >= 4 is 22.7 Å². The third-order valence-corrected chi connectivity index (χ3v) is 6.64. The van der Waals surface area contributed by atoms with Gasteiger partial charge in [0.15, 0.2) is 0 Å². The summed E-state index contributed by atoms with van der Waals surface area (Å²) in [6.07, 6.45) is 7.83. The molecule has 4 rings (SSSR count). The highest BCUT2D eigenvalue weighted by atomic mass is 16.5. The molecule has 0 unspecified atom stereocenters. The molecule has 0 atom stereocenters. The number of carbonyl (C=O) groups is 2. The topological polar surface area (TPSA) is 54.8 Å². The highest BCUT2D eigenvalue weighted by Crippen LogP contribution is 2.26. The molecule has 30 heavy (non-hydrogen) atoms. The highest BCUT2D eigenvalue weighted by molar-refractivity contribution is 6.07. The van der Waals surface area contributed by atoms with E-state index in [2.05, 4.69) is 16.7 Å². The summed E-state index contributed by atoms with van der Waals surface area (Å²) in [4.78, 5) is 28.4. The number of rotatable bonds is 6. The standard InChI is InChI=1S/C24H33N3O3/c1-19(28)25-12-9-20(10-13-25)6-4-5-11-27-18-22(21-7-2-3-8-23(21)27)24(29)26-14-16-30-17-15-26/h2-3,7-8,18,20H,4-6,9-17H2,1H3. The molecular weight excluding hydrogens is 378 g/mol. The largest absolute Gasteiger partial charge is 0.378 e. The quantitative estimate of drug-likeness (QED) is 0.683. The van der Waals surface area contributed by atoms with Crippen LogP contribution in [0.5, 0.6) is 0 Å². The van der Waals surface area contributed by atoms with Crippen LogP contribution in [0.15, 0.2) is 30.5 Å². The maximum absolute atomic E-state index is 13.1. The van der Waals surface area contributed by atoms with Gasteiger partial charge in [-0.1, -0.05) is 31.0 Å². The lowest BCUT2D eigenvalue weighted by Crippen LogP contribution is -2.40. The summed E-state index contributed by atoms with van der Waals surface area (Å²) < 4.78 is 7.64. The van der Waals surface area contributed by atoms with Gasteiger partial charge >= 0.3 is 0 Å². The van der Waals surface area contributed by atoms with E-state index in [-0.39, 0.29) is 11.8 Å². The second-order valence-corrected chi connectivity index (χ2v) is 8.60. The van der Waals surface area contributed by atoms with E-state index in [0.29, 0.717) is 26.3 Å². The summed E-state index contributed by atoms with van der Waals surface area (Å²) in [6.45, 7) is 7.00. The van der Waals surface area contributed by atoms with Gasteiger partial charge < -0.3 is 19.1 Å². The Hall–Kier alpha value is -2.34. The van der Waals surface area contributed by atoms with Crippen molar-refractivity contribution in [3.8, 4) is 0 Å². The molecular formula is C24H33N3O3. The summed E-state index contributed by atoms with van der Waals surface area (Å²) in [6, 6.07) is 8.23. The van der Waals surface area contributed by atoms with E-state index in [1.807, 2.05) is 28.1 Å². The molecule has 2 saturated heterocycles. The van der Waals surface area contributed by atoms with Gasteiger partial charge in [-0.15, -0.1) is 0 Å². The predicted octanol–water partition coefficient (Wildman–Crippen LogP) is 3.54. The molecule has 3 heterocycles. The zero-order valence-electron chi connectivity index (χ0n) is 18.0. The molecule has 0 radical (unpaired) electrons. The lowest BCUT2D eigenvalue weighted by molar-refractivity contribution is -0.130. The molecule has 0 aliphatic carbocycles. The first-order valence-corrected chi connectivity index (χ1v) is 11.3. The zero-order chi connectivity index (χ0) is 20.9. The monoisotopic (exact) mass is 411 g/mol. The van der Waals surface area contributed by atoms with E-state index in [1.165, 1.54) is 12.8 Å². The smallest absolute Gasteiger partial charge is 0.256 e. The molecule has 2 aromatic rings. The van der Waals surface area contributed by atoms with Crippen molar-refractivity contribution < 1.29 is 14.3 Å². The van der Waals surface area contributed by atoms with E-state index in [9.17, 15) is 9.59 Å². The minimum absolute atomic E-state index is 0.116. The van der Waals surface area contributed by atoms with E-state index in [0.717, 1.165) is 61.3 Å². The molecule has 6 heteroatoms. The Kier molecular flexibility index (Phi) is 6.72. The van der Waals surface area contributed by atoms with Crippen LogP contribution in [0.2, 0.25) is 0 Å². The zero-order valence-corrected chi connectivity index (χ0v) is 18.0. The third-order valence-electron chi connectivity index (χ3n) is 6.64. The second-order valence-electron chi connectivity index (χ2n) is 8.60. The highest BCUT2D eigenvalue weighted by Gasteiger charge is 2.23. The third kappa shape index (κ3) is 4.69. The van der Waals surface area contributed by atoms with Crippen molar-refractivity contribution in [2.45, 2.75) is 45.6 Å². The summed E-state index contributed by atoms with van der Waals surface area (Å²) in [5.74, 6) is 1.06. The van der Waals surface area contributed by atoms with Gasteiger partial charge in [0.2, 0.25) is 5.91 Å². The number of para-hydroxylation sites is 1. The number of unbranched alkanes of at least 4 members (excludes halogenated alkanes) is 1. The first-order valence-electron chi connectivity index (χ1n) is 11.3. The van der Waals surface area contributed by atoms with Crippen LogP contribution in [-0.4, -0.2) is 65.6 Å². The van der Waals surface area contributed by atoms with Crippen LogP contribution >= 0.6 is 0 Å². The number of ether oxygens (including phenoxy) is 1. The Balaban J connectivity index is 1.34. The van der Waals surface area contributed by atoms with Gasteiger partial charge in [-0.05, 0) is 31.2 Å². The Morgan fingerprint density at radius 3 is 2.47 bits per heavy atom. The van der Waals surface area contributed by atoms with Gasteiger partial charge in [0, 0.05) is 56.7 Å². The number of likely N-dealkylation sites (tertiary alicyclic amines) is 1. The predicted molar refractivity (Wildman–Crippen MR) is 117 cm³/mol. The second kappa shape index (κ2) is 9.65. The number of aromatic nitrogens is 1. The average molecular weight is 412 g/mol. The van der Waals surface area contributed by atoms with Crippen molar-refractivity contribution in [3.05, 3.63) is 36.0 Å². The number of benzene rings is 1. The summed E-state index contributed by atoms with van der Waals surface area (Å²) in [5.41, 5.74) is 1.95. The average Bonchev–Trinajstić information content (AvgIpc) is 3.16. The number of amides is 2. The minimum Gasteiger partial charge on any atom is -0.378 e. The SMILES string of the molecule is CC(=O)N1CCC(CCCCn2cc(C(=O)N3CCOCC3)c3ccccc32)CC1. The van der Waals surface area contributed by atoms with Crippen LogP contribution in [-0.2, 0) is 16.1 Å². The van der Waals surface area contributed by atoms with Gasteiger partial charge in [-0.3, -0.25) is 9.59 Å². The summed E-state index contributed by atoms with van der Waals surface area (Å²) in [7, 11) is 0. The van der Waals surface area contributed by atoms with Gasteiger partial charge in [0.25, 0.3) is 5.91 Å². The molecule has 2 fully saturated rings. The van der Waals surface area contributed by atoms with Gasteiger partial charge in [0.1, 0.15) is 0 Å². The minimum atomic E-state index is 0.116. The molecule has 0 saturated carbocycles. The molecule has 2 aliphatic heterocycles. The fourth-order valence-electron chi connectivity index (χ4n) is 4.79. The van der Waals surface area contributed by atoms with Crippen molar-refractivity contribution in [3.63, 3.8) is 0 Å². The van der Waals surface area contributed by atoms with E-state index < -0.39 is 0 Å². The number of nitrogens with zero attached hydrogens (tertiary/aromatic N) is 3. The van der Waals surface area contributed by atoms with Gasteiger partial charge in [-0.25, -0.2) is 0 Å². The normalized spacial score (nSPS) is 18.2. The lowest BCUT2D eigenvalue weighted by Gasteiger charge is -2.31. The Labute approximate surface area is 178 Å². The van der Waals surface area contributed by atoms with Crippen LogP contribution in [0.1, 0.15) is 49.4 Å². The molecule has 0 spiro atoms. The van der Waals surface area contributed by atoms with Gasteiger partial charge in [-0.2, -0.15) is 0 Å². The van der Waals surface area contributed by atoms with Crippen LogP contribution in [0.3, 0.4) is 0 Å². The molecule has 2 aliphatic rings. The van der Waals surface area contributed by atoms with Crippen LogP contribution in [0.4, 0.5) is 0 Å². The van der Waals surface area contributed by atoms with Crippen LogP contribution < -0.4 is 0 Å². The summed E-state index contributed by atoms with van der Waals surface area (Å²) in [5, 5.41) is 1.05. The van der Waals surface area contributed by atoms with Crippen molar-refractivity contribution in [2.24, 2.45) is 5.92 Å². The Morgan fingerprint density at radius 1 is 1.00 bits per heavy atom. The molecule has 1 aromatic heterocycles. The number of carbonyl (C=O) groups excluding carboxylic acids is 2. The van der Waals surface area contributed by atoms with Crippen molar-refractivity contribution in [2.75, 3.05) is 39.4 Å². The number of aryl methyl sites for hydroxylation is 1. The van der Waals surface area contributed by atoms with Gasteiger partial charge in [0.05, 0.1) is 18.8 Å². The lowest BCUT2D eigenvalue weighted by atomic mass is 9.91. The maximum Gasteiger partial charge on any atom is 0.256 e. The fourth-order valence-corrected chi connectivity index (χ4v) is 4.79. The molecule has 2 amide bonds. The summed E-state index contributed by atoms with van der Waals surface area (Å²) >= 11 is 0. The van der Waals surface area contributed by atoms with Crippen LogP contribution in [0.25, 0.3) is 10.9 Å². The number of morpholine rings is 1. The number of piperidine rings is 1.